The number of aliphatic carboxylic acids is 1. The smallest absolute Gasteiger partial charge is 0.277 e. The number of anilines is 2. The van der Waals surface area contributed by atoms with E-state index in [1.807, 2.05) is 0 Å². The highest BCUT2D eigenvalue weighted by molar-refractivity contribution is 7.99. The summed E-state index contributed by atoms with van der Waals surface area (Å²) in [6.07, 6.45) is 0. The summed E-state index contributed by atoms with van der Waals surface area (Å²) < 4.78 is 0. The number of H-pyrrole nitrogens is 1. The van der Waals surface area contributed by atoms with Gasteiger partial charge in [-0.05, 0) is 12.1 Å². The van der Waals surface area contributed by atoms with Crippen LogP contribution in [0.15, 0.2) is 40.3 Å². The first-order valence-electron chi connectivity index (χ1n) is 6.06. The molecule has 0 bridgehead atoms. The Balaban J connectivity index is 2.20. The maximum atomic E-state index is 12.0. The molecule has 0 fully saturated rings. The van der Waals surface area contributed by atoms with Crippen molar-refractivity contribution >= 4 is 35.1 Å². The van der Waals surface area contributed by atoms with E-state index in [1.165, 1.54) is 0 Å². The van der Waals surface area contributed by atoms with Crippen LogP contribution >= 0.6 is 11.8 Å². The predicted molar refractivity (Wildman–Crippen MR) is 79.4 cm³/mol. The molecule has 0 radical (unpaired) electrons. The molecule has 0 spiro atoms. The Bertz CT molecular complexity index is 760. The third kappa shape index (κ3) is 3.85. The second-order valence-corrected chi connectivity index (χ2v) is 5.08. The monoisotopic (exact) mass is 319 g/mol. The first kappa shape index (κ1) is 15.6. The van der Waals surface area contributed by atoms with Gasteiger partial charge in [0.15, 0.2) is 11.0 Å². The quantitative estimate of drug-likeness (QED) is 0.495. The number of benzene rings is 1. The number of nitrogens with one attached hydrogen (secondary N) is 2. The number of hydrogen-bond donors (Lipinski definition) is 3. The molecule has 1 amide bonds. The number of aromatic amines is 1. The summed E-state index contributed by atoms with van der Waals surface area (Å²) in [7, 11) is 0. The number of carbonyl (C=O) groups is 2. The first-order chi connectivity index (χ1) is 10.5. The van der Waals surface area contributed by atoms with Crippen molar-refractivity contribution in [3.63, 3.8) is 0 Å². The molecule has 22 heavy (non-hydrogen) atoms. The van der Waals surface area contributed by atoms with Crippen LogP contribution in [0.3, 0.4) is 0 Å². The van der Waals surface area contributed by atoms with Crippen LogP contribution < -0.4 is 21.7 Å². The molecular formula is C13H11N4O4S-. The van der Waals surface area contributed by atoms with Crippen molar-refractivity contribution in [2.45, 2.75) is 5.16 Å². The number of nitrogen functional groups attached to an aromatic ring is 1. The Morgan fingerprint density at radius 2 is 2.00 bits per heavy atom. The van der Waals surface area contributed by atoms with Crippen molar-refractivity contribution in [3.05, 3.63) is 46.2 Å². The Hall–Kier alpha value is -2.81. The van der Waals surface area contributed by atoms with Gasteiger partial charge in [-0.25, -0.2) is 4.98 Å². The van der Waals surface area contributed by atoms with Crippen LogP contribution in [-0.2, 0) is 4.79 Å². The fourth-order valence-corrected chi connectivity index (χ4v) is 2.14. The summed E-state index contributed by atoms with van der Waals surface area (Å²) in [5, 5.41) is 12.8. The van der Waals surface area contributed by atoms with E-state index in [1.54, 1.807) is 30.3 Å². The van der Waals surface area contributed by atoms with Gasteiger partial charge in [0.05, 0.1) is 5.97 Å². The zero-order chi connectivity index (χ0) is 16.1. The Morgan fingerprint density at radius 1 is 1.32 bits per heavy atom. The summed E-state index contributed by atoms with van der Waals surface area (Å²) in [6.45, 7) is 0. The third-order valence-corrected chi connectivity index (χ3v) is 3.37. The number of amides is 1. The second kappa shape index (κ2) is 6.76. The van der Waals surface area contributed by atoms with Gasteiger partial charge in [0.25, 0.3) is 11.5 Å². The van der Waals surface area contributed by atoms with E-state index in [-0.39, 0.29) is 22.4 Å². The van der Waals surface area contributed by atoms with Gasteiger partial charge in [-0.3, -0.25) is 14.6 Å². The lowest BCUT2D eigenvalue weighted by molar-refractivity contribution is -0.301. The number of carboxylic acids is 1. The van der Waals surface area contributed by atoms with Gasteiger partial charge in [-0.1, -0.05) is 30.0 Å². The predicted octanol–water partition coefficient (Wildman–Crippen LogP) is -0.554. The van der Waals surface area contributed by atoms with E-state index in [9.17, 15) is 19.5 Å². The van der Waals surface area contributed by atoms with Gasteiger partial charge in [0.2, 0.25) is 0 Å². The minimum atomic E-state index is -1.30. The molecule has 2 rings (SSSR count). The van der Waals surface area contributed by atoms with Crippen molar-refractivity contribution in [1.29, 1.82) is 0 Å². The summed E-state index contributed by atoms with van der Waals surface area (Å²) in [6, 6.07) is 8.28. The molecule has 1 aromatic carbocycles. The largest absolute Gasteiger partial charge is 0.549 e. The number of carboxylic acid groups (broad SMARTS) is 1. The second-order valence-electron chi connectivity index (χ2n) is 4.11. The van der Waals surface area contributed by atoms with E-state index in [4.69, 9.17) is 5.73 Å². The number of rotatable bonds is 5. The number of hydrogen-bond acceptors (Lipinski definition) is 7. The average molecular weight is 319 g/mol. The van der Waals surface area contributed by atoms with Gasteiger partial charge in [-0.2, -0.15) is 0 Å². The minimum absolute atomic E-state index is 0.0319. The van der Waals surface area contributed by atoms with Crippen molar-refractivity contribution in [1.82, 2.24) is 9.97 Å². The van der Waals surface area contributed by atoms with Crippen LogP contribution in [0.5, 0.6) is 0 Å². The Kier molecular flexibility index (Phi) is 4.79. The van der Waals surface area contributed by atoms with Gasteiger partial charge in [-0.15, -0.1) is 0 Å². The molecule has 0 unspecified atom stereocenters. The zero-order valence-corrected chi connectivity index (χ0v) is 12.0. The van der Waals surface area contributed by atoms with E-state index < -0.39 is 17.4 Å². The molecule has 0 aliphatic carbocycles. The van der Waals surface area contributed by atoms with Crippen LogP contribution in [0.2, 0.25) is 0 Å². The van der Waals surface area contributed by atoms with Gasteiger partial charge < -0.3 is 21.0 Å². The molecular weight excluding hydrogens is 308 g/mol. The molecule has 1 heterocycles. The van der Waals surface area contributed by atoms with Crippen molar-refractivity contribution in [3.8, 4) is 0 Å². The third-order valence-electron chi connectivity index (χ3n) is 2.53. The molecule has 114 valence electrons. The van der Waals surface area contributed by atoms with E-state index in [0.717, 1.165) is 11.8 Å². The maximum absolute atomic E-state index is 12.0. The van der Waals surface area contributed by atoms with Crippen molar-refractivity contribution < 1.29 is 14.7 Å². The van der Waals surface area contributed by atoms with Crippen LogP contribution in [0.4, 0.5) is 11.5 Å². The normalized spacial score (nSPS) is 10.2. The number of thioether (sulfide) groups is 1. The van der Waals surface area contributed by atoms with Crippen LogP contribution in [0, 0.1) is 0 Å². The fraction of sp³-hybridized carbons (Fsp3) is 0.0769. The SMILES string of the molecule is Nc1nc(SCC(=O)[O-])[nH]c(=O)c1NC(=O)c1ccccc1. The van der Waals surface area contributed by atoms with E-state index >= 15 is 0 Å². The van der Waals surface area contributed by atoms with Crippen molar-refractivity contribution in [2.24, 2.45) is 0 Å². The molecule has 0 saturated heterocycles. The maximum Gasteiger partial charge on any atom is 0.277 e. The molecule has 0 aliphatic heterocycles. The lowest BCUT2D eigenvalue weighted by Crippen LogP contribution is -2.25. The Morgan fingerprint density at radius 3 is 2.59 bits per heavy atom. The highest BCUT2D eigenvalue weighted by Crippen LogP contribution is 2.16. The lowest BCUT2D eigenvalue weighted by atomic mass is 10.2. The average Bonchev–Trinajstić information content (AvgIpc) is 2.49. The topological polar surface area (TPSA) is 141 Å². The number of aromatic nitrogens is 2. The standard InChI is InChI=1S/C13H12N4O4S/c14-10-9(15-11(20)7-4-2-1-3-5-7)12(21)17-13(16-10)22-6-8(18)19/h1-5H,6H2,(H,15,20)(H,18,19)(H3,14,16,17,21)/p-1. The van der Waals surface area contributed by atoms with E-state index in [0.29, 0.717) is 5.56 Å². The summed E-state index contributed by atoms with van der Waals surface area (Å²) in [4.78, 5) is 40.4. The van der Waals surface area contributed by atoms with Crippen LogP contribution in [-0.4, -0.2) is 27.6 Å². The molecule has 0 aliphatic rings. The zero-order valence-electron chi connectivity index (χ0n) is 11.2. The molecule has 8 nitrogen and oxygen atoms in total. The summed E-state index contributed by atoms with van der Waals surface area (Å²) >= 11 is 0.759. The highest BCUT2D eigenvalue weighted by Gasteiger charge is 2.13. The lowest BCUT2D eigenvalue weighted by Gasteiger charge is -2.08. The molecule has 0 saturated carbocycles. The Labute approximate surface area is 128 Å². The molecule has 9 heteroatoms. The van der Waals surface area contributed by atoms with Gasteiger partial charge in [0.1, 0.15) is 5.69 Å². The van der Waals surface area contributed by atoms with Gasteiger partial charge in [0, 0.05) is 11.3 Å². The van der Waals surface area contributed by atoms with Crippen LogP contribution in [0.25, 0.3) is 0 Å². The molecule has 2 aromatic rings. The van der Waals surface area contributed by atoms with Crippen LogP contribution in [0.1, 0.15) is 10.4 Å². The number of nitrogens with two attached hydrogens (primary N) is 1. The molecule has 0 atom stereocenters. The molecule has 1 aromatic heterocycles. The van der Waals surface area contributed by atoms with E-state index in [2.05, 4.69) is 15.3 Å². The fourth-order valence-electron chi connectivity index (χ4n) is 1.56. The number of carbonyl (C=O) groups excluding carboxylic acids is 2. The number of nitrogens with zero attached hydrogens (tertiary/aromatic N) is 1. The van der Waals surface area contributed by atoms with Gasteiger partial charge >= 0.3 is 0 Å². The first-order valence-corrected chi connectivity index (χ1v) is 7.05. The highest BCUT2D eigenvalue weighted by atomic mass is 32.2. The molecule has 4 N–H and O–H groups in total. The van der Waals surface area contributed by atoms with Crippen molar-refractivity contribution in [2.75, 3.05) is 16.8 Å². The minimum Gasteiger partial charge on any atom is -0.549 e. The summed E-state index contributed by atoms with van der Waals surface area (Å²) in [5.74, 6) is -2.38. The summed E-state index contributed by atoms with van der Waals surface area (Å²) in [5.41, 5.74) is 5.13.